The number of hydrogen-bond donors (Lipinski definition) is 0. The van der Waals surface area contributed by atoms with Crippen LogP contribution in [0, 0.1) is 0 Å². The summed E-state index contributed by atoms with van der Waals surface area (Å²) in [7, 11) is 0. The average Bonchev–Trinajstić information content (AvgIpc) is 2.65. The van der Waals surface area contributed by atoms with Gasteiger partial charge in [-0.05, 0) is 37.6 Å². The van der Waals surface area contributed by atoms with Crippen LogP contribution in [0.25, 0.3) is 0 Å². The molecule has 1 saturated heterocycles. The fourth-order valence-electron chi connectivity index (χ4n) is 2.73. The number of benzene rings is 1. The molecule has 0 aromatic heterocycles. The second-order valence-electron chi connectivity index (χ2n) is 6.07. The minimum atomic E-state index is -0.247. The maximum atomic E-state index is 12.3. The summed E-state index contributed by atoms with van der Waals surface area (Å²) in [5.74, 6) is 0.934. The van der Waals surface area contributed by atoms with E-state index in [0.29, 0.717) is 44.8 Å². The molecule has 7 heteroatoms. The third kappa shape index (κ3) is 6.84. The van der Waals surface area contributed by atoms with Crippen molar-refractivity contribution in [1.29, 1.82) is 0 Å². The maximum Gasteiger partial charge on any atom is 0.409 e. The van der Waals surface area contributed by atoms with Gasteiger partial charge in [-0.3, -0.25) is 9.69 Å². The van der Waals surface area contributed by atoms with Crippen LogP contribution in [0.5, 0.6) is 5.75 Å². The number of nitrogens with zero attached hydrogens (tertiary/aromatic N) is 2. The molecule has 0 unspecified atom stereocenters. The van der Waals surface area contributed by atoms with E-state index in [2.05, 4.69) is 11.8 Å². The highest BCUT2D eigenvalue weighted by molar-refractivity contribution is 5.96. The summed E-state index contributed by atoms with van der Waals surface area (Å²) in [5.41, 5.74) is 0.717. The highest BCUT2D eigenvalue weighted by Gasteiger charge is 2.22. The Morgan fingerprint density at radius 3 is 2.27 bits per heavy atom. The van der Waals surface area contributed by atoms with Crippen LogP contribution in [0.3, 0.4) is 0 Å². The molecule has 1 aliphatic rings. The number of carbonyl (C=O) groups is 2. The van der Waals surface area contributed by atoms with E-state index in [-0.39, 0.29) is 24.3 Å². The first-order valence-corrected chi connectivity index (χ1v) is 9.04. The molecule has 146 valence electrons. The van der Waals surface area contributed by atoms with Gasteiger partial charge in [-0.2, -0.15) is 0 Å². The van der Waals surface area contributed by atoms with Crippen molar-refractivity contribution >= 4 is 11.9 Å². The summed E-state index contributed by atoms with van der Waals surface area (Å²) in [6.07, 6.45) is 1.20. The van der Waals surface area contributed by atoms with E-state index in [1.165, 1.54) is 0 Å². The van der Waals surface area contributed by atoms with Crippen molar-refractivity contribution < 1.29 is 31.5 Å². The van der Waals surface area contributed by atoms with Crippen molar-refractivity contribution in [2.45, 2.75) is 26.7 Å². The SMILES string of the molecule is CCCOc1ccc(C(=O)CCN2CCN(C(=O)OCC)CC2)cc1.[Cl-]. The zero-order valence-electron chi connectivity index (χ0n) is 15.6. The van der Waals surface area contributed by atoms with Gasteiger partial charge in [0.25, 0.3) is 0 Å². The van der Waals surface area contributed by atoms with Gasteiger partial charge in [-0.15, -0.1) is 0 Å². The monoisotopic (exact) mass is 383 g/mol. The molecule has 1 amide bonds. The molecule has 1 aliphatic heterocycles. The molecule has 1 aromatic carbocycles. The van der Waals surface area contributed by atoms with Crippen molar-refractivity contribution in [2.75, 3.05) is 45.9 Å². The lowest BCUT2D eigenvalue weighted by Crippen LogP contribution is -3.00. The first-order chi connectivity index (χ1) is 12.1. The summed E-state index contributed by atoms with van der Waals surface area (Å²) in [5, 5.41) is 0. The maximum absolute atomic E-state index is 12.3. The van der Waals surface area contributed by atoms with Crippen molar-refractivity contribution in [2.24, 2.45) is 0 Å². The molecule has 0 atom stereocenters. The number of ether oxygens (including phenoxy) is 2. The molecular weight excluding hydrogens is 356 g/mol. The predicted molar refractivity (Wildman–Crippen MR) is 96.2 cm³/mol. The highest BCUT2D eigenvalue weighted by Crippen LogP contribution is 2.14. The third-order valence-corrected chi connectivity index (χ3v) is 4.20. The van der Waals surface area contributed by atoms with Crippen molar-refractivity contribution in [1.82, 2.24) is 9.80 Å². The number of ketones is 1. The Morgan fingerprint density at radius 2 is 1.69 bits per heavy atom. The zero-order chi connectivity index (χ0) is 18.1. The Labute approximate surface area is 161 Å². The first-order valence-electron chi connectivity index (χ1n) is 9.04. The number of Topliss-reactive ketones (excluding diaryl/α,β-unsaturated/α-hetero) is 1. The second-order valence-corrected chi connectivity index (χ2v) is 6.07. The van der Waals surface area contributed by atoms with E-state index in [0.717, 1.165) is 25.3 Å². The summed E-state index contributed by atoms with van der Waals surface area (Å²) < 4.78 is 10.5. The fraction of sp³-hybridized carbons (Fsp3) is 0.579. The molecular formula is C19H28ClN2O4-. The molecule has 0 aliphatic carbocycles. The number of halogens is 1. The van der Waals surface area contributed by atoms with Gasteiger partial charge in [-0.1, -0.05) is 6.92 Å². The minimum Gasteiger partial charge on any atom is -1.00 e. The number of amides is 1. The number of piperazine rings is 1. The zero-order valence-corrected chi connectivity index (χ0v) is 16.3. The van der Waals surface area contributed by atoms with E-state index < -0.39 is 0 Å². The molecule has 26 heavy (non-hydrogen) atoms. The van der Waals surface area contributed by atoms with Crippen molar-refractivity contribution in [3.05, 3.63) is 29.8 Å². The van der Waals surface area contributed by atoms with Crippen LogP contribution < -0.4 is 17.1 Å². The Bertz CT molecular complexity index is 557. The minimum absolute atomic E-state index is 0. The lowest BCUT2D eigenvalue weighted by Gasteiger charge is -2.33. The van der Waals surface area contributed by atoms with Crippen molar-refractivity contribution in [3.63, 3.8) is 0 Å². The van der Waals surface area contributed by atoms with Crippen LogP contribution in [0.4, 0.5) is 4.79 Å². The van der Waals surface area contributed by atoms with Gasteiger partial charge in [0.2, 0.25) is 0 Å². The number of carbonyl (C=O) groups excluding carboxylic acids is 2. The molecule has 2 rings (SSSR count). The molecule has 1 fully saturated rings. The summed E-state index contributed by atoms with van der Waals surface area (Å²) >= 11 is 0. The van der Waals surface area contributed by atoms with Crippen molar-refractivity contribution in [3.8, 4) is 5.75 Å². The molecule has 0 bridgehead atoms. The first kappa shape index (κ1) is 22.3. The van der Waals surface area contributed by atoms with E-state index >= 15 is 0 Å². The Hall–Kier alpha value is -1.79. The van der Waals surface area contributed by atoms with Gasteiger partial charge >= 0.3 is 6.09 Å². The van der Waals surface area contributed by atoms with Gasteiger partial charge in [0, 0.05) is 44.7 Å². The quantitative estimate of drug-likeness (QED) is 0.583. The lowest BCUT2D eigenvalue weighted by atomic mass is 10.1. The molecule has 0 radical (unpaired) electrons. The van der Waals surface area contributed by atoms with E-state index in [9.17, 15) is 9.59 Å². The van der Waals surface area contributed by atoms with E-state index in [1.807, 2.05) is 31.2 Å². The van der Waals surface area contributed by atoms with Crippen LogP contribution in [-0.4, -0.2) is 67.6 Å². The lowest BCUT2D eigenvalue weighted by molar-refractivity contribution is -0.0000212. The van der Waals surface area contributed by atoms with E-state index in [4.69, 9.17) is 9.47 Å². The van der Waals surface area contributed by atoms with Gasteiger partial charge in [-0.25, -0.2) is 4.79 Å². The Balaban J connectivity index is 0.00000338. The topological polar surface area (TPSA) is 59.1 Å². The van der Waals surface area contributed by atoms with Crippen LogP contribution >= 0.6 is 0 Å². The fourth-order valence-corrected chi connectivity index (χ4v) is 2.73. The van der Waals surface area contributed by atoms with Gasteiger partial charge in [0.15, 0.2) is 5.78 Å². The normalized spacial score (nSPS) is 14.5. The van der Waals surface area contributed by atoms with E-state index in [1.54, 1.807) is 4.90 Å². The van der Waals surface area contributed by atoms with Crippen LogP contribution in [0.2, 0.25) is 0 Å². The largest absolute Gasteiger partial charge is 1.00 e. The summed E-state index contributed by atoms with van der Waals surface area (Å²) in [6.45, 7) is 8.51. The molecule has 0 N–H and O–H groups in total. The van der Waals surface area contributed by atoms with Crippen LogP contribution in [0.1, 0.15) is 37.0 Å². The number of rotatable bonds is 8. The summed E-state index contributed by atoms with van der Waals surface area (Å²) in [4.78, 5) is 27.9. The Kier molecular flexibility index (Phi) is 10.1. The molecule has 1 aromatic rings. The van der Waals surface area contributed by atoms with Crippen LogP contribution in [0.15, 0.2) is 24.3 Å². The van der Waals surface area contributed by atoms with Crippen LogP contribution in [-0.2, 0) is 4.74 Å². The number of hydrogen-bond acceptors (Lipinski definition) is 5. The Morgan fingerprint density at radius 1 is 1.04 bits per heavy atom. The van der Waals surface area contributed by atoms with Gasteiger partial charge < -0.3 is 26.8 Å². The standard InChI is InChI=1S/C19H28N2O4.ClH/c1-3-15-25-17-7-5-16(6-8-17)18(22)9-10-20-11-13-21(14-12-20)19(23)24-4-2;/h5-8H,3-4,9-15H2,1-2H3;1H/p-1. The van der Waals surface area contributed by atoms with Gasteiger partial charge in [0.1, 0.15) is 5.75 Å². The predicted octanol–water partition coefficient (Wildman–Crippen LogP) is -0.174. The highest BCUT2D eigenvalue weighted by atomic mass is 35.5. The average molecular weight is 384 g/mol. The molecule has 6 nitrogen and oxygen atoms in total. The smallest absolute Gasteiger partial charge is 0.409 e. The third-order valence-electron chi connectivity index (χ3n) is 4.20. The molecule has 1 heterocycles. The second kappa shape index (κ2) is 11.8. The van der Waals surface area contributed by atoms with Gasteiger partial charge in [0.05, 0.1) is 13.2 Å². The summed E-state index contributed by atoms with van der Waals surface area (Å²) in [6, 6.07) is 7.35. The molecule has 0 saturated carbocycles. The molecule has 0 spiro atoms.